The predicted molar refractivity (Wildman–Crippen MR) is 52.2 cm³/mol. The lowest BCUT2D eigenvalue weighted by molar-refractivity contribution is -0.136. The molecule has 0 spiro atoms. The number of carbonyl (C=O) groups is 1. The van der Waals surface area contributed by atoms with Crippen molar-refractivity contribution in [3.05, 3.63) is 29.1 Å². The van der Waals surface area contributed by atoms with Gasteiger partial charge in [-0.25, -0.2) is 0 Å². The van der Waals surface area contributed by atoms with Crippen LogP contribution in [0.25, 0.3) is 0 Å². The molecule has 0 saturated carbocycles. The fourth-order valence-electron chi connectivity index (χ4n) is 2.01. The molecule has 1 aliphatic rings. The molecule has 3 nitrogen and oxygen atoms in total. The lowest BCUT2D eigenvalue weighted by Gasteiger charge is -2.05. The molecule has 0 unspecified atom stereocenters. The molecule has 0 aromatic carbocycles. The van der Waals surface area contributed by atoms with E-state index in [0.29, 0.717) is 6.42 Å². The molecule has 14 heavy (non-hydrogen) atoms. The summed E-state index contributed by atoms with van der Waals surface area (Å²) in [6.45, 7) is 0. The Balaban J connectivity index is 2.17. The number of pyridine rings is 1. The molecule has 0 fully saturated rings. The quantitative estimate of drug-likeness (QED) is 0.789. The summed E-state index contributed by atoms with van der Waals surface area (Å²) >= 11 is 0. The molecular weight excluding hydrogens is 178 g/mol. The standard InChI is InChI=1S/C11H13NO2/c13-11(14)5-4-8-6-7-12-10-3-1-2-9(8)10/h6-7H,1-5H2,(H,13,14). The minimum Gasteiger partial charge on any atom is -0.481 e. The number of carboxylic acid groups (broad SMARTS) is 1. The molecule has 1 N–H and O–H groups in total. The predicted octanol–water partition coefficient (Wildman–Crippen LogP) is 1.59. The van der Waals surface area contributed by atoms with E-state index in [9.17, 15) is 4.79 Å². The van der Waals surface area contributed by atoms with Crippen molar-refractivity contribution in [2.75, 3.05) is 0 Å². The van der Waals surface area contributed by atoms with Gasteiger partial charge in [0.25, 0.3) is 0 Å². The van der Waals surface area contributed by atoms with E-state index in [1.165, 1.54) is 16.8 Å². The Morgan fingerprint density at radius 3 is 3.14 bits per heavy atom. The molecule has 0 saturated heterocycles. The van der Waals surface area contributed by atoms with E-state index in [1.54, 1.807) is 6.20 Å². The second-order valence-corrected chi connectivity index (χ2v) is 3.64. The summed E-state index contributed by atoms with van der Waals surface area (Å²) in [4.78, 5) is 14.8. The van der Waals surface area contributed by atoms with Crippen LogP contribution in [0.5, 0.6) is 0 Å². The first-order valence-corrected chi connectivity index (χ1v) is 4.95. The molecular formula is C11H13NO2. The van der Waals surface area contributed by atoms with Crippen molar-refractivity contribution >= 4 is 5.97 Å². The van der Waals surface area contributed by atoms with Gasteiger partial charge in [-0.3, -0.25) is 9.78 Å². The van der Waals surface area contributed by atoms with Gasteiger partial charge in [0.05, 0.1) is 0 Å². The van der Waals surface area contributed by atoms with Crippen LogP contribution >= 0.6 is 0 Å². The van der Waals surface area contributed by atoms with Crippen LogP contribution in [-0.4, -0.2) is 16.1 Å². The number of carboxylic acids is 1. The monoisotopic (exact) mass is 191 g/mol. The smallest absolute Gasteiger partial charge is 0.303 e. The summed E-state index contributed by atoms with van der Waals surface area (Å²) in [6, 6.07) is 1.95. The van der Waals surface area contributed by atoms with Gasteiger partial charge in [-0.05, 0) is 42.9 Å². The van der Waals surface area contributed by atoms with Gasteiger partial charge in [-0.1, -0.05) is 0 Å². The summed E-state index contributed by atoms with van der Waals surface area (Å²) in [6.07, 6.45) is 5.93. The van der Waals surface area contributed by atoms with E-state index in [0.717, 1.165) is 19.3 Å². The van der Waals surface area contributed by atoms with E-state index in [1.807, 2.05) is 6.07 Å². The topological polar surface area (TPSA) is 50.2 Å². The minimum atomic E-state index is -0.728. The molecule has 1 aromatic rings. The van der Waals surface area contributed by atoms with Crippen molar-refractivity contribution in [1.82, 2.24) is 4.98 Å². The van der Waals surface area contributed by atoms with Crippen molar-refractivity contribution in [2.24, 2.45) is 0 Å². The summed E-state index contributed by atoms with van der Waals surface area (Å²) in [5.74, 6) is -0.728. The molecule has 0 amide bonds. The Hall–Kier alpha value is -1.38. The average Bonchev–Trinajstić information content (AvgIpc) is 2.62. The van der Waals surface area contributed by atoms with Crippen LogP contribution in [0, 0.1) is 0 Å². The second-order valence-electron chi connectivity index (χ2n) is 3.64. The maximum absolute atomic E-state index is 10.5. The number of nitrogens with zero attached hydrogens (tertiary/aromatic N) is 1. The van der Waals surface area contributed by atoms with E-state index in [-0.39, 0.29) is 6.42 Å². The largest absolute Gasteiger partial charge is 0.481 e. The Labute approximate surface area is 82.8 Å². The highest BCUT2D eigenvalue weighted by molar-refractivity contribution is 5.67. The zero-order chi connectivity index (χ0) is 9.97. The zero-order valence-electron chi connectivity index (χ0n) is 7.99. The summed E-state index contributed by atoms with van der Waals surface area (Å²) in [5, 5.41) is 8.61. The van der Waals surface area contributed by atoms with Crippen LogP contribution in [0.15, 0.2) is 12.3 Å². The van der Waals surface area contributed by atoms with Gasteiger partial charge in [0.1, 0.15) is 0 Å². The zero-order valence-corrected chi connectivity index (χ0v) is 7.99. The fraction of sp³-hybridized carbons (Fsp3) is 0.455. The lowest BCUT2D eigenvalue weighted by Crippen LogP contribution is -2.01. The van der Waals surface area contributed by atoms with Gasteiger partial charge in [-0.15, -0.1) is 0 Å². The van der Waals surface area contributed by atoms with Crippen LogP contribution < -0.4 is 0 Å². The second kappa shape index (κ2) is 3.78. The van der Waals surface area contributed by atoms with E-state index < -0.39 is 5.97 Å². The van der Waals surface area contributed by atoms with Gasteiger partial charge in [0.2, 0.25) is 0 Å². The minimum absolute atomic E-state index is 0.219. The molecule has 2 rings (SSSR count). The van der Waals surface area contributed by atoms with Crippen LogP contribution in [0.2, 0.25) is 0 Å². The third-order valence-electron chi connectivity index (χ3n) is 2.69. The van der Waals surface area contributed by atoms with Crippen molar-refractivity contribution < 1.29 is 9.90 Å². The molecule has 74 valence electrons. The molecule has 0 bridgehead atoms. The van der Waals surface area contributed by atoms with Crippen LogP contribution in [-0.2, 0) is 24.1 Å². The first-order chi connectivity index (χ1) is 6.77. The highest BCUT2D eigenvalue weighted by Crippen LogP contribution is 2.23. The number of hydrogen-bond acceptors (Lipinski definition) is 2. The van der Waals surface area contributed by atoms with Crippen LogP contribution in [0.1, 0.15) is 29.7 Å². The number of hydrogen-bond donors (Lipinski definition) is 1. The molecule has 1 heterocycles. The maximum atomic E-state index is 10.5. The molecule has 3 heteroatoms. The van der Waals surface area contributed by atoms with Crippen molar-refractivity contribution in [2.45, 2.75) is 32.1 Å². The van der Waals surface area contributed by atoms with E-state index >= 15 is 0 Å². The number of aliphatic carboxylic acids is 1. The highest BCUT2D eigenvalue weighted by Gasteiger charge is 2.15. The number of fused-ring (bicyclic) bond motifs is 1. The normalized spacial score (nSPS) is 14.0. The summed E-state index contributed by atoms with van der Waals surface area (Å²) < 4.78 is 0. The first kappa shape index (κ1) is 9.19. The van der Waals surface area contributed by atoms with Crippen molar-refractivity contribution in [3.63, 3.8) is 0 Å². The molecule has 1 aliphatic carbocycles. The van der Waals surface area contributed by atoms with Crippen molar-refractivity contribution in [1.29, 1.82) is 0 Å². The first-order valence-electron chi connectivity index (χ1n) is 4.95. The van der Waals surface area contributed by atoms with Gasteiger partial charge >= 0.3 is 5.97 Å². The Bertz CT molecular complexity index is 360. The van der Waals surface area contributed by atoms with Gasteiger partial charge in [0.15, 0.2) is 0 Å². The van der Waals surface area contributed by atoms with E-state index in [2.05, 4.69) is 4.98 Å². The number of rotatable bonds is 3. The molecule has 1 aromatic heterocycles. The van der Waals surface area contributed by atoms with Gasteiger partial charge in [-0.2, -0.15) is 0 Å². The fourth-order valence-corrected chi connectivity index (χ4v) is 2.01. The summed E-state index contributed by atoms with van der Waals surface area (Å²) in [7, 11) is 0. The SMILES string of the molecule is O=C(O)CCc1ccnc2c1CCC2. The van der Waals surface area contributed by atoms with Crippen molar-refractivity contribution in [3.8, 4) is 0 Å². The summed E-state index contributed by atoms with van der Waals surface area (Å²) in [5.41, 5.74) is 3.65. The Morgan fingerprint density at radius 2 is 2.36 bits per heavy atom. The average molecular weight is 191 g/mol. The van der Waals surface area contributed by atoms with E-state index in [4.69, 9.17) is 5.11 Å². The third-order valence-corrected chi connectivity index (χ3v) is 2.69. The molecule has 0 radical (unpaired) electrons. The molecule has 0 atom stereocenters. The number of aromatic nitrogens is 1. The van der Waals surface area contributed by atoms with Gasteiger partial charge < -0.3 is 5.11 Å². The Kier molecular flexibility index (Phi) is 2.48. The Morgan fingerprint density at radius 1 is 1.50 bits per heavy atom. The van der Waals surface area contributed by atoms with Gasteiger partial charge in [0, 0.05) is 18.3 Å². The van der Waals surface area contributed by atoms with Crippen LogP contribution in [0.3, 0.4) is 0 Å². The lowest BCUT2D eigenvalue weighted by atomic mass is 10.0. The highest BCUT2D eigenvalue weighted by atomic mass is 16.4. The third kappa shape index (κ3) is 1.76. The number of aryl methyl sites for hydroxylation is 2. The maximum Gasteiger partial charge on any atom is 0.303 e. The molecule has 0 aliphatic heterocycles. The van der Waals surface area contributed by atoms with Crippen LogP contribution in [0.4, 0.5) is 0 Å².